The van der Waals surface area contributed by atoms with E-state index in [9.17, 15) is 13.2 Å². The molecule has 0 aliphatic carbocycles. The van der Waals surface area contributed by atoms with E-state index >= 15 is 0 Å². The Morgan fingerprint density at radius 3 is 2.57 bits per heavy atom. The molecule has 0 fully saturated rings. The summed E-state index contributed by atoms with van der Waals surface area (Å²) in [7, 11) is 0. The minimum Gasteiger partial charge on any atom is -0.308 e. The van der Waals surface area contributed by atoms with Gasteiger partial charge in [-0.15, -0.1) is 0 Å². The zero-order valence-corrected chi connectivity index (χ0v) is 11.7. The smallest absolute Gasteiger partial charge is 0.159 e. The Morgan fingerprint density at radius 1 is 1.10 bits per heavy atom. The first kappa shape index (κ1) is 15.5. The molecular weight excluding hydrogens is 277 g/mol. The van der Waals surface area contributed by atoms with E-state index in [0.29, 0.717) is 18.5 Å². The Hall–Kier alpha value is -1.88. The van der Waals surface area contributed by atoms with Crippen LogP contribution in [-0.2, 0) is 6.42 Å². The fourth-order valence-corrected chi connectivity index (χ4v) is 2.14. The maximum absolute atomic E-state index is 13.9. The number of aromatic nitrogens is 1. The van der Waals surface area contributed by atoms with Crippen LogP contribution >= 0.6 is 0 Å². The van der Waals surface area contributed by atoms with Gasteiger partial charge < -0.3 is 5.32 Å². The van der Waals surface area contributed by atoms with Crippen LogP contribution in [0.2, 0.25) is 0 Å². The van der Waals surface area contributed by atoms with E-state index in [1.165, 1.54) is 24.4 Å². The van der Waals surface area contributed by atoms with Gasteiger partial charge in [0, 0.05) is 6.20 Å². The maximum Gasteiger partial charge on any atom is 0.159 e. The molecule has 0 spiro atoms. The number of hydrogen-bond acceptors (Lipinski definition) is 2. The van der Waals surface area contributed by atoms with Gasteiger partial charge in [-0.05, 0) is 49.2 Å². The van der Waals surface area contributed by atoms with Crippen LogP contribution in [-0.4, -0.2) is 11.5 Å². The Balaban J connectivity index is 2.24. The molecule has 2 nitrogen and oxygen atoms in total. The van der Waals surface area contributed by atoms with Crippen molar-refractivity contribution in [3.63, 3.8) is 0 Å². The van der Waals surface area contributed by atoms with Crippen molar-refractivity contribution in [3.8, 4) is 0 Å². The quantitative estimate of drug-likeness (QED) is 0.877. The number of halogens is 3. The molecule has 0 aliphatic heterocycles. The third kappa shape index (κ3) is 4.04. The zero-order valence-electron chi connectivity index (χ0n) is 11.7. The highest BCUT2D eigenvalue weighted by atomic mass is 19.2. The van der Waals surface area contributed by atoms with E-state index in [4.69, 9.17) is 0 Å². The van der Waals surface area contributed by atoms with Crippen molar-refractivity contribution < 1.29 is 13.2 Å². The molecule has 5 heteroatoms. The lowest BCUT2D eigenvalue weighted by Crippen LogP contribution is -2.26. The summed E-state index contributed by atoms with van der Waals surface area (Å²) in [6.45, 7) is 2.68. The molecule has 1 aromatic heterocycles. The van der Waals surface area contributed by atoms with Crippen molar-refractivity contribution in [1.29, 1.82) is 0 Å². The predicted octanol–water partition coefficient (Wildman–Crippen LogP) is 3.78. The van der Waals surface area contributed by atoms with E-state index in [1.807, 2.05) is 6.92 Å². The van der Waals surface area contributed by atoms with Gasteiger partial charge in [0.1, 0.15) is 5.82 Å². The topological polar surface area (TPSA) is 24.9 Å². The predicted molar refractivity (Wildman–Crippen MR) is 75.3 cm³/mol. The summed E-state index contributed by atoms with van der Waals surface area (Å²) in [5, 5.41) is 3.19. The Kier molecular flexibility index (Phi) is 5.33. The van der Waals surface area contributed by atoms with E-state index in [1.54, 1.807) is 0 Å². The molecule has 0 aliphatic rings. The molecule has 0 saturated heterocycles. The number of nitrogens with one attached hydrogen (secondary N) is 1. The maximum atomic E-state index is 13.9. The lowest BCUT2D eigenvalue weighted by molar-refractivity contribution is 0.477. The minimum atomic E-state index is -0.900. The van der Waals surface area contributed by atoms with Crippen LogP contribution in [0.25, 0.3) is 0 Å². The van der Waals surface area contributed by atoms with Gasteiger partial charge >= 0.3 is 0 Å². The molecule has 0 saturated carbocycles. The molecule has 0 bridgehead atoms. The van der Waals surface area contributed by atoms with Gasteiger partial charge in [0.25, 0.3) is 0 Å². The lowest BCUT2D eigenvalue weighted by atomic mass is 10.0. The standard InChI is InChI=1S/C16H17F3N2/c1-2-7-20-15(16-13(18)4-3-8-21-16)10-11-5-6-12(17)14(19)9-11/h3-6,8-9,15,20H,2,7,10H2,1H3. The highest BCUT2D eigenvalue weighted by Crippen LogP contribution is 2.20. The molecule has 2 aromatic rings. The first-order valence-electron chi connectivity index (χ1n) is 6.89. The number of pyridine rings is 1. The first-order valence-corrected chi connectivity index (χ1v) is 6.89. The van der Waals surface area contributed by atoms with Crippen molar-refractivity contribution in [2.75, 3.05) is 6.54 Å². The number of hydrogen-bond donors (Lipinski definition) is 1. The van der Waals surface area contributed by atoms with Gasteiger partial charge in [0.15, 0.2) is 11.6 Å². The highest BCUT2D eigenvalue weighted by Gasteiger charge is 2.17. The van der Waals surface area contributed by atoms with Crippen molar-refractivity contribution in [2.45, 2.75) is 25.8 Å². The van der Waals surface area contributed by atoms with Gasteiger partial charge in [-0.3, -0.25) is 4.98 Å². The van der Waals surface area contributed by atoms with Crippen molar-refractivity contribution in [1.82, 2.24) is 10.3 Å². The number of benzene rings is 1. The summed E-state index contributed by atoms with van der Waals surface area (Å²) in [5.41, 5.74) is 0.878. The molecular formula is C16H17F3N2. The summed E-state index contributed by atoms with van der Waals surface area (Å²) in [6, 6.07) is 6.20. The molecule has 1 N–H and O–H groups in total. The van der Waals surface area contributed by atoms with E-state index in [0.717, 1.165) is 18.6 Å². The van der Waals surface area contributed by atoms with Crippen molar-refractivity contribution in [3.05, 3.63) is 65.2 Å². The second-order valence-corrected chi connectivity index (χ2v) is 4.83. The van der Waals surface area contributed by atoms with Crippen LogP contribution in [0.15, 0.2) is 36.5 Å². The largest absolute Gasteiger partial charge is 0.308 e. The Bertz CT molecular complexity index is 602. The van der Waals surface area contributed by atoms with Crippen LogP contribution in [0.1, 0.15) is 30.6 Å². The van der Waals surface area contributed by atoms with Gasteiger partial charge in [-0.25, -0.2) is 13.2 Å². The average molecular weight is 294 g/mol. The van der Waals surface area contributed by atoms with Crippen molar-refractivity contribution in [2.24, 2.45) is 0 Å². The number of rotatable bonds is 6. The van der Waals surface area contributed by atoms with Crippen molar-refractivity contribution >= 4 is 0 Å². The average Bonchev–Trinajstić information content (AvgIpc) is 2.48. The molecule has 112 valence electrons. The van der Waals surface area contributed by atoms with Crippen LogP contribution < -0.4 is 5.32 Å². The molecule has 0 amide bonds. The number of nitrogens with zero attached hydrogens (tertiary/aromatic N) is 1. The van der Waals surface area contributed by atoms with E-state index < -0.39 is 17.5 Å². The molecule has 1 heterocycles. The Morgan fingerprint density at radius 2 is 1.90 bits per heavy atom. The molecule has 1 unspecified atom stereocenters. The molecule has 1 atom stereocenters. The second kappa shape index (κ2) is 7.22. The van der Waals surface area contributed by atoms with Gasteiger partial charge in [-0.1, -0.05) is 13.0 Å². The summed E-state index contributed by atoms with van der Waals surface area (Å²) in [4.78, 5) is 4.06. The fraction of sp³-hybridized carbons (Fsp3) is 0.312. The van der Waals surface area contributed by atoms with Crippen LogP contribution in [0.4, 0.5) is 13.2 Å². The summed E-state index contributed by atoms with van der Waals surface area (Å²) >= 11 is 0. The SMILES string of the molecule is CCCNC(Cc1ccc(F)c(F)c1)c1ncccc1F. The summed E-state index contributed by atoms with van der Waals surface area (Å²) in [6.07, 6.45) is 2.73. The molecule has 21 heavy (non-hydrogen) atoms. The summed E-state index contributed by atoms with van der Waals surface area (Å²) in [5.74, 6) is -2.20. The molecule has 1 aromatic carbocycles. The summed E-state index contributed by atoms with van der Waals surface area (Å²) < 4.78 is 40.1. The minimum absolute atomic E-state index is 0.288. The highest BCUT2D eigenvalue weighted by molar-refractivity contribution is 5.22. The first-order chi connectivity index (χ1) is 10.1. The third-order valence-electron chi connectivity index (χ3n) is 3.18. The normalized spacial score (nSPS) is 12.4. The fourth-order valence-electron chi connectivity index (χ4n) is 2.14. The van der Waals surface area contributed by atoms with E-state index in [-0.39, 0.29) is 11.7 Å². The van der Waals surface area contributed by atoms with E-state index in [2.05, 4.69) is 10.3 Å². The van der Waals surface area contributed by atoms with Gasteiger partial charge in [0.2, 0.25) is 0 Å². The van der Waals surface area contributed by atoms with Gasteiger partial charge in [-0.2, -0.15) is 0 Å². The monoisotopic (exact) mass is 294 g/mol. The van der Waals surface area contributed by atoms with Crippen LogP contribution in [0.5, 0.6) is 0 Å². The second-order valence-electron chi connectivity index (χ2n) is 4.83. The lowest BCUT2D eigenvalue weighted by Gasteiger charge is -2.18. The molecule has 2 rings (SSSR count). The Labute approximate surface area is 122 Å². The van der Waals surface area contributed by atoms with Gasteiger partial charge in [0.05, 0.1) is 11.7 Å². The van der Waals surface area contributed by atoms with Crippen LogP contribution in [0, 0.1) is 17.5 Å². The zero-order chi connectivity index (χ0) is 15.2. The van der Waals surface area contributed by atoms with Crippen LogP contribution in [0.3, 0.4) is 0 Å². The third-order valence-corrected chi connectivity index (χ3v) is 3.18. The molecule has 0 radical (unpaired) electrons.